The Morgan fingerprint density at radius 1 is 1.35 bits per heavy atom. The Labute approximate surface area is 124 Å². The highest BCUT2D eigenvalue weighted by Crippen LogP contribution is 2.33. The zero-order valence-corrected chi connectivity index (χ0v) is 12.2. The molecule has 2 aromatic rings. The van der Waals surface area contributed by atoms with Crippen LogP contribution in [0, 0.1) is 0 Å². The number of hydrogen-bond donors (Lipinski definition) is 2. The molecule has 2 rings (SSSR count). The first kappa shape index (κ1) is 14.1. The number of oxime groups is 1. The van der Waals surface area contributed by atoms with Gasteiger partial charge in [-0.15, -0.1) is 0 Å². The minimum Gasteiger partial charge on any atom is -0.497 e. The monoisotopic (exact) mass is 337 g/mol. The van der Waals surface area contributed by atoms with Crippen molar-refractivity contribution < 1.29 is 14.7 Å². The molecule has 1 aromatic heterocycles. The number of hydrogen-bond acceptors (Lipinski definition) is 5. The molecule has 0 unspecified atom stereocenters. The molecule has 20 heavy (non-hydrogen) atoms. The van der Waals surface area contributed by atoms with Crippen LogP contribution in [0.4, 0.5) is 0 Å². The average molecular weight is 338 g/mol. The lowest BCUT2D eigenvalue weighted by molar-refractivity contribution is 0.318. The maximum Gasteiger partial charge on any atom is 0.173 e. The highest BCUT2D eigenvalue weighted by Gasteiger charge is 2.11. The van der Waals surface area contributed by atoms with Crippen molar-refractivity contribution in [2.45, 2.75) is 0 Å². The van der Waals surface area contributed by atoms with Gasteiger partial charge in [-0.3, -0.25) is 4.98 Å². The van der Waals surface area contributed by atoms with Gasteiger partial charge in [0.2, 0.25) is 0 Å². The van der Waals surface area contributed by atoms with E-state index < -0.39 is 0 Å². The molecule has 0 amide bonds. The van der Waals surface area contributed by atoms with E-state index >= 15 is 0 Å². The van der Waals surface area contributed by atoms with Crippen molar-refractivity contribution in [1.29, 1.82) is 0 Å². The molecule has 3 N–H and O–H groups in total. The summed E-state index contributed by atoms with van der Waals surface area (Å²) in [5.41, 5.74) is 6.04. The predicted octanol–water partition coefficient (Wildman–Crippen LogP) is 2.74. The SMILES string of the molecule is COc1ccc(Oc2cnccc2/C(N)=N/O)c(Br)c1. The van der Waals surface area contributed by atoms with E-state index in [0.717, 1.165) is 0 Å². The third-order valence-corrected chi connectivity index (χ3v) is 3.15. The first-order valence-corrected chi connectivity index (χ1v) is 6.38. The van der Waals surface area contributed by atoms with E-state index in [1.165, 1.54) is 12.4 Å². The number of amidine groups is 1. The summed E-state index contributed by atoms with van der Waals surface area (Å²) in [6.45, 7) is 0. The van der Waals surface area contributed by atoms with Crippen molar-refractivity contribution in [2.24, 2.45) is 10.9 Å². The molecule has 1 heterocycles. The van der Waals surface area contributed by atoms with Crippen molar-refractivity contribution in [1.82, 2.24) is 4.98 Å². The number of halogens is 1. The van der Waals surface area contributed by atoms with Crippen LogP contribution in [0.2, 0.25) is 0 Å². The third kappa shape index (κ3) is 3.00. The summed E-state index contributed by atoms with van der Waals surface area (Å²) in [7, 11) is 1.58. The normalized spacial score (nSPS) is 11.2. The van der Waals surface area contributed by atoms with E-state index in [9.17, 15) is 0 Å². The van der Waals surface area contributed by atoms with Crippen molar-refractivity contribution in [2.75, 3.05) is 7.11 Å². The van der Waals surface area contributed by atoms with E-state index in [0.29, 0.717) is 27.3 Å². The van der Waals surface area contributed by atoms with Crippen LogP contribution in [0.5, 0.6) is 17.2 Å². The minimum absolute atomic E-state index is 0.0490. The Hall–Kier alpha value is -2.28. The summed E-state index contributed by atoms with van der Waals surface area (Å²) in [6, 6.07) is 6.88. The zero-order chi connectivity index (χ0) is 14.5. The fourth-order valence-electron chi connectivity index (χ4n) is 1.54. The molecular weight excluding hydrogens is 326 g/mol. The zero-order valence-electron chi connectivity index (χ0n) is 10.6. The topological polar surface area (TPSA) is 90.0 Å². The fourth-order valence-corrected chi connectivity index (χ4v) is 1.98. The second-order valence-corrected chi connectivity index (χ2v) is 4.61. The van der Waals surface area contributed by atoms with Gasteiger partial charge in [0.15, 0.2) is 11.6 Å². The molecule has 0 aliphatic rings. The molecule has 0 aliphatic heterocycles. The molecule has 0 atom stereocenters. The maximum atomic E-state index is 8.76. The molecule has 0 fully saturated rings. The molecule has 1 aromatic carbocycles. The molecule has 6 nitrogen and oxygen atoms in total. The number of nitrogens with zero attached hydrogens (tertiary/aromatic N) is 2. The molecule has 7 heteroatoms. The number of methoxy groups -OCH3 is 1. The molecule has 0 saturated carbocycles. The summed E-state index contributed by atoms with van der Waals surface area (Å²) < 4.78 is 11.5. The van der Waals surface area contributed by atoms with Gasteiger partial charge < -0.3 is 20.4 Å². The van der Waals surface area contributed by atoms with Crippen molar-refractivity contribution >= 4 is 21.8 Å². The van der Waals surface area contributed by atoms with E-state index in [1.54, 1.807) is 31.4 Å². The summed E-state index contributed by atoms with van der Waals surface area (Å²) in [5, 5.41) is 11.7. The lowest BCUT2D eigenvalue weighted by Crippen LogP contribution is -2.14. The number of nitrogens with two attached hydrogens (primary N) is 1. The van der Waals surface area contributed by atoms with Gasteiger partial charge >= 0.3 is 0 Å². The number of ether oxygens (including phenoxy) is 2. The highest BCUT2D eigenvalue weighted by molar-refractivity contribution is 9.10. The maximum absolute atomic E-state index is 8.76. The molecule has 0 radical (unpaired) electrons. The van der Waals surface area contributed by atoms with Gasteiger partial charge in [0.25, 0.3) is 0 Å². The fraction of sp³-hybridized carbons (Fsp3) is 0.0769. The van der Waals surface area contributed by atoms with E-state index in [2.05, 4.69) is 26.1 Å². The highest BCUT2D eigenvalue weighted by atomic mass is 79.9. The summed E-state index contributed by atoms with van der Waals surface area (Å²) in [6.07, 6.45) is 3.02. The van der Waals surface area contributed by atoms with Crippen LogP contribution < -0.4 is 15.2 Å². The second-order valence-electron chi connectivity index (χ2n) is 3.76. The number of aromatic nitrogens is 1. The Balaban J connectivity index is 2.35. The van der Waals surface area contributed by atoms with Crippen molar-refractivity contribution in [3.05, 3.63) is 46.7 Å². The van der Waals surface area contributed by atoms with Gasteiger partial charge in [-0.05, 0) is 40.2 Å². The second kappa shape index (κ2) is 6.25. The lowest BCUT2D eigenvalue weighted by Gasteiger charge is -2.11. The van der Waals surface area contributed by atoms with Gasteiger partial charge in [0.1, 0.15) is 11.5 Å². The lowest BCUT2D eigenvalue weighted by atomic mass is 10.2. The first-order valence-electron chi connectivity index (χ1n) is 5.59. The number of rotatable bonds is 4. The van der Waals surface area contributed by atoms with Crippen molar-refractivity contribution in [3.63, 3.8) is 0 Å². The smallest absolute Gasteiger partial charge is 0.173 e. The van der Waals surface area contributed by atoms with Crippen LogP contribution in [0.1, 0.15) is 5.56 Å². The van der Waals surface area contributed by atoms with Crippen LogP contribution in [-0.4, -0.2) is 23.1 Å². The molecule has 0 aliphatic carbocycles. The van der Waals surface area contributed by atoms with Crippen LogP contribution in [0.3, 0.4) is 0 Å². The first-order chi connectivity index (χ1) is 9.65. The van der Waals surface area contributed by atoms with Crippen molar-refractivity contribution in [3.8, 4) is 17.2 Å². The quantitative estimate of drug-likeness (QED) is 0.387. The molecule has 0 saturated heterocycles. The number of pyridine rings is 1. The van der Waals surface area contributed by atoms with Crippen LogP contribution in [-0.2, 0) is 0 Å². The Morgan fingerprint density at radius 2 is 2.15 bits per heavy atom. The largest absolute Gasteiger partial charge is 0.497 e. The Bertz CT molecular complexity index is 647. The molecule has 0 spiro atoms. The van der Waals surface area contributed by atoms with Gasteiger partial charge in [0.05, 0.1) is 23.3 Å². The van der Waals surface area contributed by atoms with Gasteiger partial charge in [-0.2, -0.15) is 0 Å². The van der Waals surface area contributed by atoms with E-state index in [4.69, 9.17) is 20.4 Å². The standard InChI is InChI=1S/C13H12BrN3O3/c1-19-8-2-3-11(10(14)6-8)20-12-7-16-5-4-9(12)13(15)17-18/h2-7,18H,1H3,(H2,15,17). The van der Waals surface area contributed by atoms with Crippen LogP contribution in [0.25, 0.3) is 0 Å². The molecule has 0 bridgehead atoms. The molecule has 104 valence electrons. The minimum atomic E-state index is -0.0490. The third-order valence-electron chi connectivity index (χ3n) is 2.53. The average Bonchev–Trinajstić information content (AvgIpc) is 2.49. The van der Waals surface area contributed by atoms with Crippen LogP contribution >= 0.6 is 15.9 Å². The summed E-state index contributed by atoms with van der Waals surface area (Å²) >= 11 is 3.39. The number of benzene rings is 1. The van der Waals surface area contributed by atoms with Gasteiger partial charge in [-0.25, -0.2) is 0 Å². The van der Waals surface area contributed by atoms with E-state index in [1.807, 2.05) is 0 Å². The van der Waals surface area contributed by atoms with Gasteiger partial charge in [0, 0.05) is 6.20 Å². The van der Waals surface area contributed by atoms with Gasteiger partial charge in [-0.1, -0.05) is 5.16 Å². The molecular formula is C13H12BrN3O3. The van der Waals surface area contributed by atoms with Crippen LogP contribution in [0.15, 0.2) is 46.3 Å². The summed E-state index contributed by atoms with van der Waals surface area (Å²) in [4.78, 5) is 3.96. The van der Waals surface area contributed by atoms with E-state index in [-0.39, 0.29) is 5.84 Å². The summed E-state index contributed by atoms with van der Waals surface area (Å²) in [5.74, 6) is 1.60. The Morgan fingerprint density at radius 3 is 2.80 bits per heavy atom. The Kier molecular flexibility index (Phi) is 4.41. The predicted molar refractivity (Wildman–Crippen MR) is 77.5 cm³/mol.